The van der Waals surface area contributed by atoms with Gasteiger partial charge in [-0.15, -0.1) is 0 Å². The van der Waals surface area contributed by atoms with Crippen molar-refractivity contribution in [2.45, 2.75) is 20.0 Å². The summed E-state index contributed by atoms with van der Waals surface area (Å²) in [7, 11) is 1.63. The minimum atomic E-state index is 0.383. The van der Waals surface area contributed by atoms with Gasteiger partial charge in [-0.25, -0.2) is 4.98 Å². The van der Waals surface area contributed by atoms with E-state index in [-0.39, 0.29) is 0 Å². The number of anilines is 1. The van der Waals surface area contributed by atoms with Crippen LogP contribution in [0.1, 0.15) is 17.0 Å². The van der Waals surface area contributed by atoms with Crippen LogP contribution < -0.4 is 10.1 Å². The zero-order valence-electron chi connectivity index (χ0n) is 15.8. The van der Waals surface area contributed by atoms with Crippen LogP contribution in [0.5, 0.6) is 5.75 Å². The quantitative estimate of drug-likeness (QED) is 0.528. The van der Waals surface area contributed by atoms with Gasteiger partial charge in [-0.1, -0.05) is 41.6 Å². The van der Waals surface area contributed by atoms with E-state index < -0.39 is 0 Å². The lowest BCUT2D eigenvalue weighted by Crippen LogP contribution is -2.03. The number of rotatable bonds is 7. The molecule has 0 aliphatic rings. The molecule has 28 heavy (non-hydrogen) atoms. The molecule has 0 bridgehead atoms. The standard InChI is InChI=1S/C21H21N5O2/c1-15-22-9-10-26(15)14-17-6-3-5-16(11-17)13-23-21-24-20(25-28-21)18-7-4-8-19(12-18)27-2/h3-12H,13-14H2,1-2H3,(H,23,24,25). The summed E-state index contributed by atoms with van der Waals surface area (Å²) >= 11 is 0. The molecule has 0 saturated carbocycles. The summed E-state index contributed by atoms with van der Waals surface area (Å²) in [5.41, 5.74) is 3.19. The highest BCUT2D eigenvalue weighted by atomic mass is 16.5. The van der Waals surface area contributed by atoms with Crippen LogP contribution in [0.4, 0.5) is 6.01 Å². The van der Waals surface area contributed by atoms with Crippen molar-refractivity contribution in [1.82, 2.24) is 19.7 Å². The van der Waals surface area contributed by atoms with Crippen molar-refractivity contribution in [2.75, 3.05) is 12.4 Å². The Kier molecular flexibility index (Phi) is 5.05. The number of aryl methyl sites for hydroxylation is 1. The molecule has 0 aliphatic heterocycles. The molecule has 0 saturated heterocycles. The van der Waals surface area contributed by atoms with E-state index in [1.165, 1.54) is 5.56 Å². The lowest BCUT2D eigenvalue weighted by molar-refractivity contribution is 0.414. The van der Waals surface area contributed by atoms with Crippen LogP contribution in [0.3, 0.4) is 0 Å². The molecular weight excluding hydrogens is 354 g/mol. The number of imidazole rings is 1. The van der Waals surface area contributed by atoms with Crippen molar-refractivity contribution in [2.24, 2.45) is 0 Å². The molecule has 0 fully saturated rings. The number of hydrogen-bond acceptors (Lipinski definition) is 6. The van der Waals surface area contributed by atoms with Gasteiger partial charge in [-0.2, -0.15) is 4.98 Å². The predicted molar refractivity (Wildman–Crippen MR) is 106 cm³/mol. The Morgan fingerprint density at radius 1 is 1.11 bits per heavy atom. The monoisotopic (exact) mass is 375 g/mol. The first-order valence-corrected chi connectivity index (χ1v) is 8.99. The van der Waals surface area contributed by atoms with Crippen molar-refractivity contribution in [3.05, 3.63) is 77.9 Å². The average molecular weight is 375 g/mol. The second kappa shape index (κ2) is 7.96. The average Bonchev–Trinajstić information content (AvgIpc) is 3.36. The van der Waals surface area contributed by atoms with Crippen molar-refractivity contribution in [1.29, 1.82) is 0 Å². The third kappa shape index (κ3) is 4.03. The van der Waals surface area contributed by atoms with E-state index in [2.05, 4.69) is 43.2 Å². The van der Waals surface area contributed by atoms with Crippen molar-refractivity contribution in [3.8, 4) is 17.1 Å². The molecule has 2 aromatic carbocycles. The number of nitrogens with one attached hydrogen (secondary N) is 1. The van der Waals surface area contributed by atoms with E-state index >= 15 is 0 Å². The maximum atomic E-state index is 5.32. The highest BCUT2D eigenvalue weighted by Gasteiger charge is 2.09. The third-order valence-corrected chi connectivity index (χ3v) is 4.47. The van der Waals surface area contributed by atoms with Crippen LogP contribution in [-0.4, -0.2) is 26.8 Å². The second-order valence-corrected chi connectivity index (χ2v) is 6.43. The topological polar surface area (TPSA) is 78.0 Å². The first-order valence-electron chi connectivity index (χ1n) is 8.99. The fourth-order valence-electron chi connectivity index (χ4n) is 2.96. The van der Waals surface area contributed by atoms with E-state index in [4.69, 9.17) is 9.26 Å². The lowest BCUT2D eigenvalue weighted by atomic mass is 10.1. The number of nitrogens with zero attached hydrogens (tertiary/aromatic N) is 4. The van der Waals surface area contributed by atoms with Gasteiger partial charge in [-0.05, 0) is 30.2 Å². The first kappa shape index (κ1) is 17.8. The van der Waals surface area contributed by atoms with Gasteiger partial charge in [0.05, 0.1) is 7.11 Å². The van der Waals surface area contributed by atoms with Crippen molar-refractivity contribution < 1.29 is 9.26 Å². The minimum absolute atomic E-state index is 0.383. The van der Waals surface area contributed by atoms with E-state index in [0.29, 0.717) is 18.4 Å². The molecule has 0 amide bonds. The van der Waals surface area contributed by atoms with Gasteiger partial charge < -0.3 is 19.1 Å². The van der Waals surface area contributed by atoms with Crippen molar-refractivity contribution >= 4 is 6.01 Å². The Bertz CT molecular complexity index is 1070. The number of aromatic nitrogens is 4. The van der Waals surface area contributed by atoms with E-state index in [1.54, 1.807) is 7.11 Å². The largest absolute Gasteiger partial charge is 0.497 e. The molecule has 142 valence electrons. The molecule has 0 aliphatic carbocycles. The van der Waals surface area contributed by atoms with Crippen molar-refractivity contribution in [3.63, 3.8) is 0 Å². The van der Waals surface area contributed by atoms with E-state index in [9.17, 15) is 0 Å². The molecular formula is C21H21N5O2. The van der Waals surface area contributed by atoms with E-state index in [0.717, 1.165) is 29.2 Å². The molecule has 4 rings (SSSR count). The van der Waals surface area contributed by atoms with Gasteiger partial charge in [0, 0.05) is 31.0 Å². The van der Waals surface area contributed by atoms with Gasteiger partial charge >= 0.3 is 6.01 Å². The number of hydrogen-bond donors (Lipinski definition) is 1. The Hall–Kier alpha value is -3.61. The molecule has 2 heterocycles. The van der Waals surface area contributed by atoms with E-state index in [1.807, 2.05) is 49.6 Å². The highest BCUT2D eigenvalue weighted by Crippen LogP contribution is 2.22. The molecule has 4 aromatic rings. The van der Waals surface area contributed by atoms with Crippen LogP contribution in [0.2, 0.25) is 0 Å². The number of benzene rings is 2. The Balaban J connectivity index is 1.42. The summed E-state index contributed by atoms with van der Waals surface area (Å²) in [5, 5.41) is 7.22. The van der Waals surface area contributed by atoms with Gasteiger partial charge in [0.15, 0.2) is 0 Å². The fraction of sp³-hybridized carbons (Fsp3) is 0.190. The van der Waals surface area contributed by atoms with Crippen LogP contribution in [0, 0.1) is 6.92 Å². The van der Waals surface area contributed by atoms with Crippen LogP contribution >= 0.6 is 0 Å². The summed E-state index contributed by atoms with van der Waals surface area (Å²) in [5.74, 6) is 2.27. The Labute approximate surface area is 163 Å². The summed E-state index contributed by atoms with van der Waals surface area (Å²) < 4.78 is 12.7. The maximum absolute atomic E-state index is 5.32. The summed E-state index contributed by atoms with van der Waals surface area (Å²) in [6.45, 7) is 3.39. The summed E-state index contributed by atoms with van der Waals surface area (Å²) in [6, 6.07) is 16.3. The van der Waals surface area contributed by atoms with Gasteiger partial charge in [0.25, 0.3) is 0 Å². The Morgan fingerprint density at radius 2 is 1.96 bits per heavy atom. The van der Waals surface area contributed by atoms with Gasteiger partial charge in [0.1, 0.15) is 11.6 Å². The second-order valence-electron chi connectivity index (χ2n) is 6.43. The third-order valence-electron chi connectivity index (χ3n) is 4.47. The fourth-order valence-corrected chi connectivity index (χ4v) is 2.96. The smallest absolute Gasteiger partial charge is 0.322 e. The zero-order valence-corrected chi connectivity index (χ0v) is 15.8. The molecule has 7 nitrogen and oxygen atoms in total. The zero-order chi connectivity index (χ0) is 19.3. The highest BCUT2D eigenvalue weighted by molar-refractivity contribution is 5.57. The van der Waals surface area contributed by atoms with Crippen LogP contribution in [0.25, 0.3) is 11.4 Å². The predicted octanol–water partition coefficient (Wildman–Crippen LogP) is 3.91. The molecule has 0 spiro atoms. The molecule has 2 aromatic heterocycles. The SMILES string of the molecule is COc1cccc(-c2noc(NCc3cccc(Cn4ccnc4C)c3)n2)c1. The Morgan fingerprint density at radius 3 is 2.79 bits per heavy atom. The maximum Gasteiger partial charge on any atom is 0.322 e. The van der Waals surface area contributed by atoms with Crippen LogP contribution in [0.15, 0.2) is 65.4 Å². The molecule has 0 unspecified atom stereocenters. The summed E-state index contributed by atoms with van der Waals surface area (Å²) in [6.07, 6.45) is 3.80. The number of methoxy groups -OCH3 is 1. The molecule has 0 atom stereocenters. The normalized spacial score (nSPS) is 10.8. The molecule has 1 N–H and O–H groups in total. The van der Waals surface area contributed by atoms with Gasteiger partial charge in [0.2, 0.25) is 5.82 Å². The number of ether oxygens (including phenoxy) is 1. The summed E-state index contributed by atoms with van der Waals surface area (Å²) in [4.78, 5) is 8.67. The van der Waals surface area contributed by atoms with Gasteiger partial charge in [-0.3, -0.25) is 0 Å². The lowest BCUT2D eigenvalue weighted by Gasteiger charge is -2.08. The van der Waals surface area contributed by atoms with Crippen LogP contribution in [-0.2, 0) is 13.1 Å². The first-order chi connectivity index (χ1) is 13.7. The molecule has 0 radical (unpaired) electrons. The molecule has 7 heteroatoms. The minimum Gasteiger partial charge on any atom is -0.497 e.